The molecule has 5 heteroatoms. The fraction of sp³-hybridized carbons (Fsp3) is 0.318. The van der Waals surface area contributed by atoms with Crippen LogP contribution < -0.4 is 4.74 Å². The first kappa shape index (κ1) is 17.5. The number of cyclic esters (lactones) is 1. The fourth-order valence-electron chi connectivity index (χ4n) is 3.62. The van der Waals surface area contributed by atoms with Crippen LogP contribution in [0.25, 0.3) is 10.9 Å². The second kappa shape index (κ2) is 7.35. The lowest BCUT2D eigenvalue weighted by atomic mass is 10.1. The smallest absolute Gasteiger partial charge is 0.410 e. The van der Waals surface area contributed by atoms with Crippen LogP contribution in [0, 0.1) is 6.92 Å². The first-order valence-electron chi connectivity index (χ1n) is 9.32. The molecular weight excluding hydrogens is 340 g/mol. The lowest BCUT2D eigenvalue weighted by molar-refractivity contribution is 0.101. The molecule has 1 aliphatic heterocycles. The number of amides is 1. The van der Waals surface area contributed by atoms with Gasteiger partial charge in [0.15, 0.2) is 6.10 Å². The van der Waals surface area contributed by atoms with Crippen molar-refractivity contribution in [3.63, 3.8) is 0 Å². The standard InChI is InChI=1S/C22H24N2O3/c1-15-7-3-6-10-21(15)26-14-18-13-24(22(25)27-18)16(2)11-17-12-23-20-9-5-4-8-19(17)20/h3-10,12,16,18,23H,11,13-14H2,1-2H3/t16?,18-/m1/s1. The summed E-state index contributed by atoms with van der Waals surface area (Å²) in [6.45, 7) is 4.99. The number of carbonyl (C=O) groups excluding carboxylic acids is 1. The molecule has 140 valence electrons. The molecule has 1 N–H and O–H groups in total. The molecule has 2 heterocycles. The van der Waals surface area contributed by atoms with Gasteiger partial charge in [-0.25, -0.2) is 4.79 Å². The van der Waals surface area contributed by atoms with E-state index < -0.39 is 0 Å². The molecule has 0 spiro atoms. The second-order valence-electron chi connectivity index (χ2n) is 7.15. The number of rotatable bonds is 6. The van der Waals surface area contributed by atoms with E-state index >= 15 is 0 Å². The number of benzene rings is 2. The maximum absolute atomic E-state index is 12.3. The Morgan fingerprint density at radius 2 is 2.00 bits per heavy atom. The summed E-state index contributed by atoms with van der Waals surface area (Å²) in [6.07, 6.45) is 2.30. The molecule has 2 atom stereocenters. The SMILES string of the molecule is Cc1ccccc1OC[C@H]1CN(C(C)Cc2c[nH]c3ccccc23)C(=O)O1. The summed E-state index contributed by atoms with van der Waals surface area (Å²) in [5.74, 6) is 0.832. The predicted molar refractivity (Wildman–Crippen MR) is 105 cm³/mol. The van der Waals surface area contributed by atoms with Gasteiger partial charge in [-0.15, -0.1) is 0 Å². The fourth-order valence-corrected chi connectivity index (χ4v) is 3.62. The van der Waals surface area contributed by atoms with Gasteiger partial charge in [0, 0.05) is 23.1 Å². The highest BCUT2D eigenvalue weighted by atomic mass is 16.6. The molecule has 0 radical (unpaired) electrons. The molecular formula is C22H24N2O3. The van der Waals surface area contributed by atoms with E-state index in [0.717, 1.165) is 23.3 Å². The summed E-state index contributed by atoms with van der Waals surface area (Å²) in [7, 11) is 0. The van der Waals surface area contributed by atoms with E-state index in [1.807, 2.05) is 49.5 Å². The Morgan fingerprint density at radius 3 is 2.85 bits per heavy atom. The van der Waals surface area contributed by atoms with Gasteiger partial charge >= 0.3 is 6.09 Å². The third kappa shape index (κ3) is 3.63. The zero-order chi connectivity index (χ0) is 18.8. The quantitative estimate of drug-likeness (QED) is 0.709. The Kier molecular flexibility index (Phi) is 4.75. The molecule has 0 saturated carbocycles. The van der Waals surface area contributed by atoms with Crippen LogP contribution in [-0.2, 0) is 11.2 Å². The molecule has 1 fully saturated rings. The molecule has 5 nitrogen and oxygen atoms in total. The number of ether oxygens (including phenoxy) is 2. The monoisotopic (exact) mass is 364 g/mol. The average molecular weight is 364 g/mol. The van der Waals surface area contributed by atoms with Crippen LogP contribution in [0.5, 0.6) is 5.75 Å². The summed E-state index contributed by atoms with van der Waals surface area (Å²) >= 11 is 0. The van der Waals surface area contributed by atoms with Crippen molar-refractivity contribution in [1.82, 2.24) is 9.88 Å². The zero-order valence-electron chi connectivity index (χ0n) is 15.6. The van der Waals surface area contributed by atoms with Gasteiger partial charge < -0.3 is 19.4 Å². The molecule has 1 unspecified atom stereocenters. The van der Waals surface area contributed by atoms with Crippen molar-refractivity contribution >= 4 is 17.0 Å². The van der Waals surface area contributed by atoms with E-state index in [1.165, 1.54) is 10.9 Å². The normalized spacial score (nSPS) is 17.9. The van der Waals surface area contributed by atoms with Gasteiger partial charge in [0.1, 0.15) is 12.4 Å². The molecule has 2 aromatic carbocycles. The molecule has 1 aromatic heterocycles. The Hall–Kier alpha value is -2.95. The molecule has 1 amide bonds. The van der Waals surface area contributed by atoms with E-state index in [2.05, 4.69) is 24.0 Å². The summed E-state index contributed by atoms with van der Waals surface area (Å²) < 4.78 is 11.4. The van der Waals surface area contributed by atoms with Crippen LogP contribution in [0.1, 0.15) is 18.1 Å². The molecule has 4 rings (SSSR count). The van der Waals surface area contributed by atoms with Gasteiger partial charge in [-0.3, -0.25) is 0 Å². The minimum atomic E-state index is -0.263. The van der Waals surface area contributed by atoms with Crippen LogP contribution in [0.3, 0.4) is 0 Å². The van der Waals surface area contributed by atoms with E-state index in [1.54, 1.807) is 4.90 Å². The Balaban J connectivity index is 1.38. The number of carbonyl (C=O) groups is 1. The van der Waals surface area contributed by atoms with Crippen molar-refractivity contribution in [2.24, 2.45) is 0 Å². The minimum Gasteiger partial charge on any atom is -0.489 e. The molecule has 0 bridgehead atoms. The number of aryl methyl sites for hydroxylation is 1. The minimum absolute atomic E-state index is 0.0557. The van der Waals surface area contributed by atoms with Crippen LogP contribution >= 0.6 is 0 Å². The van der Waals surface area contributed by atoms with Gasteiger partial charge in [0.2, 0.25) is 0 Å². The van der Waals surface area contributed by atoms with Gasteiger partial charge in [-0.05, 0) is 43.5 Å². The number of fused-ring (bicyclic) bond motifs is 1. The first-order valence-corrected chi connectivity index (χ1v) is 9.32. The lowest BCUT2D eigenvalue weighted by Crippen LogP contribution is -2.36. The van der Waals surface area contributed by atoms with E-state index in [4.69, 9.17) is 9.47 Å². The van der Waals surface area contributed by atoms with Crippen LogP contribution in [0.2, 0.25) is 0 Å². The number of hydrogen-bond donors (Lipinski definition) is 1. The van der Waals surface area contributed by atoms with Gasteiger partial charge in [0.05, 0.1) is 6.54 Å². The molecule has 27 heavy (non-hydrogen) atoms. The van der Waals surface area contributed by atoms with Crippen LogP contribution in [0.15, 0.2) is 54.7 Å². The number of nitrogens with zero attached hydrogens (tertiary/aromatic N) is 1. The van der Waals surface area contributed by atoms with Crippen LogP contribution in [-0.4, -0.2) is 41.3 Å². The number of H-pyrrole nitrogens is 1. The van der Waals surface area contributed by atoms with E-state index in [0.29, 0.717) is 13.2 Å². The number of aromatic nitrogens is 1. The Bertz CT molecular complexity index is 949. The van der Waals surface area contributed by atoms with Gasteiger partial charge in [0.25, 0.3) is 0 Å². The van der Waals surface area contributed by atoms with Crippen molar-refractivity contribution in [2.45, 2.75) is 32.4 Å². The third-order valence-electron chi connectivity index (χ3n) is 5.14. The van der Waals surface area contributed by atoms with Crippen molar-refractivity contribution in [3.05, 3.63) is 65.9 Å². The predicted octanol–water partition coefficient (Wildman–Crippen LogP) is 4.31. The third-order valence-corrected chi connectivity index (χ3v) is 5.14. The number of hydrogen-bond acceptors (Lipinski definition) is 3. The van der Waals surface area contributed by atoms with E-state index in [-0.39, 0.29) is 18.2 Å². The molecule has 0 aliphatic carbocycles. The number of nitrogens with one attached hydrogen (secondary N) is 1. The maximum Gasteiger partial charge on any atom is 0.410 e. The highest BCUT2D eigenvalue weighted by molar-refractivity contribution is 5.83. The summed E-state index contributed by atoms with van der Waals surface area (Å²) in [4.78, 5) is 17.4. The number of para-hydroxylation sites is 2. The van der Waals surface area contributed by atoms with Crippen molar-refractivity contribution < 1.29 is 14.3 Å². The average Bonchev–Trinajstić information content (AvgIpc) is 3.25. The highest BCUT2D eigenvalue weighted by Gasteiger charge is 2.35. The summed E-state index contributed by atoms with van der Waals surface area (Å²) in [5.41, 5.74) is 3.41. The van der Waals surface area contributed by atoms with Crippen molar-refractivity contribution in [1.29, 1.82) is 0 Å². The summed E-state index contributed by atoms with van der Waals surface area (Å²) in [5, 5.41) is 1.20. The topological polar surface area (TPSA) is 54.6 Å². The lowest BCUT2D eigenvalue weighted by Gasteiger charge is -2.21. The highest BCUT2D eigenvalue weighted by Crippen LogP contribution is 2.24. The Morgan fingerprint density at radius 1 is 1.22 bits per heavy atom. The largest absolute Gasteiger partial charge is 0.489 e. The van der Waals surface area contributed by atoms with Gasteiger partial charge in [-0.1, -0.05) is 36.4 Å². The van der Waals surface area contributed by atoms with Crippen LogP contribution in [0.4, 0.5) is 4.79 Å². The first-order chi connectivity index (χ1) is 13.1. The number of aromatic amines is 1. The second-order valence-corrected chi connectivity index (χ2v) is 7.15. The van der Waals surface area contributed by atoms with E-state index in [9.17, 15) is 4.79 Å². The molecule has 1 saturated heterocycles. The maximum atomic E-state index is 12.3. The molecule has 1 aliphatic rings. The zero-order valence-corrected chi connectivity index (χ0v) is 15.6. The van der Waals surface area contributed by atoms with Crippen molar-refractivity contribution in [3.8, 4) is 5.75 Å². The van der Waals surface area contributed by atoms with Crippen molar-refractivity contribution in [2.75, 3.05) is 13.2 Å². The Labute approximate surface area is 158 Å². The summed E-state index contributed by atoms with van der Waals surface area (Å²) in [6, 6.07) is 16.1. The molecule has 3 aromatic rings. The van der Waals surface area contributed by atoms with Gasteiger partial charge in [-0.2, -0.15) is 0 Å².